The maximum Gasteiger partial charge on any atom is 0.243 e. The number of ether oxygens (including phenoxy) is 1. The molecular weight excluding hydrogens is 402 g/mol. The zero-order chi connectivity index (χ0) is 24.1. The number of carbonyl (C=O) groups excluding carboxylic acids is 2. The molecule has 2 atom stereocenters. The number of anilines is 1. The van der Waals surface area contributed by atoms with E-state index in [1.165, 1.54) is 11.1 Å². The van der Waals surface area contributed by atoms with E-state index in [1.54, 1.807) is 0 Å². The van der Waals surface area contributed by atoms with Gasteiger partial charge in [-0.2, -0.15) is 0 Å². The Morgan fingerprint density at radius 1 is 1.12 bits per heavy atom. The van der Waals surface area contributed by atoms with Crippen LogP contribution in [0, 0.1) is 11.8 Å². The van der Waals surface area contributed by atoms with Crippen LogP contribution in [0.15, 0.2) is 29.8 Å². The molecule has 0 bridgehead atoms. The molecular formula is C26H43N3O3. The average molecular weight is 446 g/mol. The molecule has 0 aliphatic carbocycles. The van der Waals surface area contributed by atoms with Crippen LogP contribution in [0.2, 0.25) is 0 Å². The third-order valence-electron chi connectivity index (χ3n) is 5.60. The van der Waals surface area contributed by atoms with E-state index in [4.69, 9.17) is 10.5 Å². The zero-order valence-electron chi connectivity index (χ0n) is 20.8. The van der Waals surface area contributed by atoms with Gasteiger partial charge in [-0.1, -0.05) is 66.5 Å². The predicted molar refractivity (Wildman–Crippen MR) is 132 cm³/mol. The van der Waals surface area contributed by atoms with Crippen LogP contribution in [-0.4, -0.2) is 31.0 Å². The fraction of sp³-hybridized carbons (Fsp3) is 0.615. The number of nitrogens with one attached hydrogen (secondary N) is 2. The first-order valence-corrected chi connectivity index (χ1v) is 11.9. The Balaban J connectivity index is 2.71. The molecule has 0 aliphatic rings. The number of hydrogen-bond acceptors (Lipinski definition) is 4. The van der Waals surface area contributed by atoms with Gasteiger partial charge < -0.3 is 21.1 Å². The molecule has 0 aromatic heterocycles. The number of hydrogen-bond donors (Lipinski definition) is 3. The molecule has 0 radical (unpaired) electrons. The second kappa shape index (κ2) is 14.8. The van der Waals surface area contributed by atoms with Gasteiger partial charge in [0.25, 0.3) is 0 Å². The molecule has 0 spiro atoms. The minimum atomic E-state index is -0.623. The molecule has 1 aromatic carbocycles. The molecule has 0 saturated carbocycles. The monoisotopic (exact) mass is 445 g/mol. The first-order chi connectivity index (χ1) is 15.2. The van der Waals surface area contributed by atoms with Crippen molar-refractivity contribution in [3.63, 3.8) is 0 Å². The Hall–Kier alpha value is -2.18. The summed E-state index contributed by atoms with van der Waals surface area (Å²) in [4.78, 5) is 24.2. The molecule has 6 heteroatoms. The molecule has 1 aromatic rings. The Labute approximate surface area is 194 Å². The summed E-state index contributed by atoms with van der Waals surface area (Å²) in [6.07, 6.45) is 6.50. The van der Waals surface area contributed by atoms with Crippen molar-refractivity contribution in [3.05, 3.63) is 41.0 Å². The van der Waals surface area contributed by atoms with Crippen molar-refractivity contribution in [2.45, 2.75) is 79.9 Å². The van der Waals surface area contributed by atoms with Crippen LogP contribution in [0.3, 0.4) is 0 Å². The van der Waals surface area contributed by atoms with E-state index < -0.39 is 6.04 Å². The zero-order valence-corrected chi connectivity index (χ0v) is 20.8. The van der Waals surface area contributed by atoms with Gasteiger partial charge >= 0.3 is 0 Å². The highest BCUT2D eigenvalue weighted by atomic mass is 16.5. The largest absolute Gasteiger partial charge is 0.372 e. The van der Waals surface area contributed by atoms with Gasteiger partial charge in [0.15, 0.2) is 0 Å². The molecule has 2 amide bonds. The predicted octanol–water partition coefficient (Wildman–Crippen LogP) is 4.58. The van der Waals surface area contributed by atoms with Crippen LogP contribution >= 0.6 is 0 Å². The minimum absolute atomic E-state index is 0.0140. The summed E-state index contributed by atoms with van der Waals surface area (Å²) in [7, 11) is 0. The lowest BCUT2D eigenvalue weighted by Gasteiger charge is -2.16. The van der Waals surface area contributed by atoms with E-state index in [-0.39, 0.29) is 24.3 Å². The maximum atomic E-state index is 12.3. The van der Waals surface area contributed by atoms with Crippen LogP contribution in [0.1, 0.15) is 71.9 Å². The maximum absolute atomic E-state index is 12.3. The fourth-order valence-corrected chi connectivity index (χ4v) is 3.31. The van der Waals surface area contributed by atoms with Crippen LogP contribution in [-0.2, 0) is 27.4 Å². The molecule has 0 heterocycles. The van der Waals surface area contributed by atoms with Gasteiger partial charge in [-0.25, -0.2) is 0 Å². The highest BCUT2D eigenvalue weighted by molar-refractivity contribution is 5.95. The smallest absolute Gasteiger partial charge is 0.243 e. The van der Waals surface area contributed by atoms with Crippen LogP contribution in [0.4, 0.5) is 5.69 Å². The third-order valence-corrected chi connectivity index (χ3v) is 5.60. The summed E-state index contributed by atoms with van der Waals surface area (Å²) in [6, 6.07) is 5.23. The quantitative estimate of drug-likeness (QED) is 0.366. The lowest BCUT2D eigenvalue weighted by molar-refractivity contribution is -0.125. The van der Waals surface area contributed by atoms with E-state index in [1.807, 2.05) is 32.0 Å². The Bertz CT molecular complexity index is 759. The summed E-state index contributed by atoms with van der Waals surface area (Å²) in [5.74, 6) is -0.0356. The summed E-state index contributed by atoms with van der Waals surface area (Å²) in [5, 5.41) is 5.44. The number of nitrogens with two attached hydrogens (primary N) is 1. The lowest BCUT2D eigenvalue weighted by atomic mass is 10.0. The van der Waals surface area contributed by atoms with Crippen molar-refractivity contribution in [2.75, 3.05) is 18.5 Å². The molecule has 1 rings (SSSR count). The highest BCUT2D eigenvalue weighted by Gasteiger charge is 2.17. The highest BCUT2D eigenvalue weighted by Crippen LogP contribution is 2.19. The lowest BCUT2D eigenvalue weighted by Crippen LogP contribution is -2.46. The van der Waals surface area contributed by atoms with Crippen molar-refractivity contribution in [3.8, 4) is 0 Å². The van der Waals surface area contributed by atoms with Crippen molar-refractivity contribution >= 4 is 17.5 Å². The van der Waals surface area contributed by atoms with Gasteiger partial charge in [-0.3, -0.25) is 9.59 Å². The van der Waals surface area contributed by atoms with Crippen LogP contribution in [0.5, 0.6) is 0 Å². The van der Waals surface area contributed by atoms with Gasteiger partial charge in [0.05, 0.1) is 25.8 Å². The summed E-state index contributed by atoms with van der Waals surface area (Å²) >= 11 is 0. The Kier molecular flexibility index (Phi) is 12.9. The van der Waals surface area contributed by atoms with Crippen LogP contribution in [0.25, 0.3) is 0 Å². The Morgan fingerprint density at radius 3 is 2.44 bits per heavy atom. The van der Waals surface area contributed by atoms with Gasteiger partial charge in [0.2, 0.25) is 11.8 Å². The SMILES string of the molecule is CCC/C(=C\C(C)CC)COCc1cc(NC(=O)CNC(=O)C(N)C(C)C)ccc1CC. The van der Waals surface area contributed by atoms with E-state index in [9.17, 15) is 9.59 Å². The third kappa shape index (κ3) is 9.96. The molecule has 2 unspecified atom stereocenters. The molecule has 0 fully saturated rings. The molecule has 180 valence electrons. The molecule has 4 N–H and O–H groups in total. The first-order valence-electron chi connectivity index (χ1n) is 11.9. The van der Waals surface area contributed by atoms with E-state index in [0.29, 0.717) is 24.8 Å². The van der Waals surface area contributed by atoms with Crippen LogP contribution < -0.4 is 16.4 Å². The summed E-state index contributed by atoms with van der Waals surface area (Å²) in [5.41, 5.74) is 10.1. The second-order valence-electron chi connectivity index (χ2n) is 8.83. The van der Waals surface area contributed by atoms with E-state index in [2.05, 4.69) is 44.4 Å². The number of benzene rings is 1. The molecule has 0 aliphatic heterocycles. The average Bonchev–Trinajstić information content (AvgIpc) is 2.77. The van der Waals surface area contributed by atoms with E-state index in [0.717, 1.165) is 31.2 Å². The van der Waals surface area contributed by atoms with Gasteiger partial charge in [-0.05, 0) is 53.5 Å². The first kappa shape index (κ1) is 27.9. The van der Waals surface area contributed by atoms with Crippen molar-refractivity contribution in [1.82, 2.24) is 5.32 Å². The normalized spacial score (nSPS) is 13.7. The standard InChI is InChI=1S/C26H43N3O3/c1-7-10-20(13-19(6)8-2)16-32-17-22-14-23(12-11-21(22)9-3)29-24(30)15-28-26(31)25(27)18(4)5/h11-14,18-19,25H,7-10,15-17,27H2,1-6H3,(H,28,31)(H,29,30)/b20-13+. The molecule has 6 nitrogen and oxygen atoms in total. The fourth-order valence-electron chi connectivity index (χ4n) is 3.31. The van der Waals surface area contributed by atoms with Gasteiger partial charge in [0.1, 0.15) is 0 Å². The molecule has 32 heavy (non-hydrogen) atoms. The summed E-state index contributed by atoms with van der Waals surface area (Å²) in [6.45, 7) is 13.5. The Morgan fingerprint density at radius 2 is 1.84 bits per heavy atom. The minimum Gasteiger partial charge on any atom is -0.372 e. The van der Waals surface area contributed by atoms with Gasteiger partial charge in [0, 0.05) is 5.69 Å². The van der Waals surface area contributed by atoms with Crippen molar-refractivity contribution < 1.29 is 14.3 Å². The number of allylic oxidation sites excluding steroid dienone is 1. The van der Waals surface area contributed by atoms with Gasteiger partial charge in [-0.15, -0.1) is 0 Å². The summed E-state index contributed by atoms with van der Waals surface area (Å²) < 4.78 is 6.06. The van der Waals surface area contributed by atoms with E-state index >= 15 is 0 Å². The van der Waals surface area contributed by atoms with Crippen molar-refractivity contribution in [2.24, 2.45) is 17.6 Å². The number of rotatable bonds is 14. The topological polar surface area (TPSA) is 93.5 Å². The number of aryl methyl sites for hydroxylation is 1. The number of carbonyl (C=O) groups is 2. The molecule has 0 saturated heterocycles. The second-order valence-corrected chi connectivity index (χ2v) is 8.83. The number of amides is 2. The van der Waals surface area contributed by atoms with Crippen molar-refractivity contribution in [1.29, 1.82) is 0 Å².